The van der Waals surface area contributed by atoms with E-state index in [-0.39, 0.29) is 24.8 Å². The molecular formula is C10H20Cl2N6. The summed E-state index contributed by atoms with van der Waals surface area (Å²) in [5.74, 6) is 1.90. The van der Waals surface area contributed by atoms with Gasteiger partial charge in [-0.2, -0.15) is 15.0 Å². The van der Waals surface area contributed by atoms with Gasteiger partial charge in [0.05, 0.1) is 0 Å². The molecule has 0 bridgehead atoms. The zero-order chi connectivity index (χ0) is 11.4. The standard InChI is InChI=1S/C10H18N6.2ClH/c1-3-11-8-14-9(12-4-2)16-10(15-8)13-7-5-6-7;;/h7H,3-6H2,1-2H3,(H3,11,12,13,14,15,16);2*1H. The van der Waals surface area contributed by atoms with Gasteiger partial charge in [-0.1, -0.05) is 0 Å². The number of hydrogen-bond donors (Lipinski definition) is 3. The van der Waals surface area contributed by atoms with Crippen molar-refractivity contribution in [3.63, 3.8) is 0 Å². The van der Waals surface area contributed by atoms with Crippen LogP contribution in [0.5, 0.6) is 0 Å². The molecule has 104 valence electrons. The molecule has 3 N–H and O–H groups in total. The molecule has 18 heavy (non-hydrogen) atoms. The van der Waals surface area contributed by atoms with Crippen molar-refractivity contribution < 1.29 is 0 Å². The Morgan fingerprint density at radius 3 is 1.72 bits per heavy atom. The van der Waals surface area contributed by atoms with Crippen LogP contribution in [-0.4, -0.2) is 34.1 Å². The number of halogens is 2. The van der Waals surface area contributed by atoms with Gasteiger partial charge >= 0.3 is 0 Å². The fourth-order valence-electron chi connectivity index (χ4n) is 1.33. The van der Waals surface area contributed by atoms with Crippen LogP contribution < -0.4 is 16.0 Å². The van der Waals surface area contributed by atoms with Gasteiger partial charge in [-0.15, -0.1) is 24.8 Å². The molecule has 0 radical (unpaired) electrons. The number of rotatable bonds is 6. The summed E-state index contributed by atoms with van der Waals surface area (Å²) in [4.78, 5) is 12.9. The van der Waals surface area contributed by atoms with Crippen LogP contribution in [0.25, 0.3) is 0 Å². The van der Waals surface area contributed by atoms with E-state index in [1.54, 1.807) is 0 Å². The second-order valence-electron chi connectivity index (χ2n) is 3.79. The van der Waals surface area contributed by atoms with Gasteiger partial charge in [0.2, 0.25) is 17.8 Å². The predicted octanol–water partition coefficient (Wildman–Crippen LogP) is 2.15. The van der Waals surface area contributed by atoms with E-state index in [0.29, 0.717) is 23.9 Å². The van der Waals surface area contributed by atoms with E-state index in [1.165, 1.54) is 12.8 Å². The highest BCUT2D eigenvalue weighted by molar-refractivity contribution is 5.85. The Kier molecular flexibility index (Phi) is 7.70. The van der Waals surface area contributed by atoms with Crippen molar-refractivity contribution in [2.75, 3.05) is 29.0 Å². The molecular weight excluding hydrogens is 275 g/mol. The minimum atomic E-state index is 0. The molecule has 1 heterocycles. The van der Waals surface area contributed by atoms with Crippen LogP contribution >= 0.6 is 24.8 Å². The second-order valence-corrected chi connectivity index (χ2v) is 3.79. The van der Waals surface area contributed by atoms with Gasteiger partial charge in [-0.25, -0.2) is 0 Å². The van der Waals surface area contributed by atoms with Gasteiger partial charge in [-0.05, 0) is 26.7 Å². The van der Waals surface area contributed by atoms with Gasteiger partial charge in [0.25, 0.3) is 0 Å². The summed E-state index contributed by atoms with van der Waals surface area (Å²) >= 11 is 0. The molecule has 0 amide bonds. The average Bonchev–Trinajstić information content (AvgIpc) is 3.02. The monoisotopic (exact) mass is 294 g/mol. The molecule has 1 aliphatic carbocycles. The first kappa shape index (κ1) is 17.0. The number of aromatic nitrogens is 3. The third-order valence-electron chi connectivity index (χ3n) is 2.22. The lowest BCUT2D eigenvalue weighted by Gasteiger charge is -2.08. The molecule has 1 aromatic heterocycles. The first-order valence-corrected chi connectivity index (χ1v) is 5.82. The quantitative estimate of drug-likeness (QED) is 0.746. The van der Waals surface area contributed by atoms with Crippen LogP contribution in [0.15, 0.2) is 0 Å². The van der Waals surface area contributed by atoms with Crippen molar-refractivity contribution in [1.82, 2.24) is 15.0 Å². The Balaban J connectivity index is 0.00000144. The first-order chi connectivity index (χ1) is 7.81. The summed E-state index contributed by atoms with van der Waals surface area (Å²) < 4.78 is 0. The molecule has 0 spiro atoms. The van der Waals surface area contributed by atoms with Crippen molar-refractivity contribution in [2.24, 2.45) is 0 Å². The van der Waals surface area contributed by atoms with E-state index in [0.717, 1.165) is 13.1 Å². The summed E-state index contributed by atoms with van der Waals surface area (Å²) in [6.45, 7) is 5.65. The number of hydrogen-bond acceptors (Lipinski definition) is 6. The largest absolute Gasteiger partial charge is 0.354 e. The Labute approximate surface area is 120 Å². The van der Waals surface area contributed by atoms with Gasteiger partial charge in [0.15, 0.2) is 0 Å². The fraction of sp³-hybridized carbons (Fsp3) is 0.700. The first-order valence-electron chi connectivity index (χ1n) is 5.82. The Morgan fingerprint density at radius 2 is 1.33 bits per heavy atom. The topological polar surface area (TPSA) is 74.8 Å². The molecule has 1 saturated carbocycles. The lowest BCUT2D eigenvalue weighted by Crippen LogP contribution is -2.13. The van der Waals surface area contributed by atoms with Gasteiger partial charge in [-0.3, -0.25) is 0 Å². The fourth-order valence-corrected chi connectivity index (χ4v) is 1.33. The average molecular weight is 295 g/mol. The molecule has 0 unspecified atom stereocenters. The lowest BCUT2D eigenvalue weighted by molar-refractivity contribution is 0.975. The van der Waals surface area contributed by atoms with Crippen LogP contribution in [0, 0.1) is 0 Å². The predicted molar refractivity (Wildman–Crippen MR) is 79.3 cm³/mol. The van der Waals surface area contributed by atoms with Crippen LogP contribution in [0.1, 0.15) is 26.7 Å². The minimum absolute atomic E-state index is 0. The van der Waals surface area contributed by atoms with E-state index in [9.17, 15) is 0 Å². The summed E-state index contributed by atoms with van der Waals surface area (Å²) in [6.07, 6.45) is 2.41. The van der Waals surface area contributed by atoms with Crippen LogP contribution in [0.3, 0.4) is 0 Å². The van der Waals surface area contributed by atoms with Crippen molar-refractivity contribution >= 4 is 42.7 Å². The Bertz CT molecular complexity index is 334. The smallest absolute Gasteiger partial charge is 0.229 e. The normalized spacial score (nSPS) is 13.0. The molecule has 1 aromatic rings. The van der Waals surface area contributed by atoms with Gasteiger partial charge < -0.3 is 16.0 Å². The zero-order valence-corrected chi connectivity index (χ0v) is 12.2. The molecule has 0 saturated heterocycles. The third kappa shape index (κ3) is 5.10. The van der Waals surface area contributed by atoms with E-state index < -0.39 is 0 Å². The maximum Gasteiger partial charge on any atom is 0.229 e. The Morgan fingerprint density at radius 1 is 0.889 bits per heavy atom. The summed E-state index contributed by atoms with van der Waals surface area (Å²) in [6, 6.07) is 0.548. The number of nitrogens with zero attached hydrogens (tertiary/aromatic N) is 3. The van der Waals surface area contributed by atoms with Crippen molar-refractivity contribution in [1.29, 1.82) is 0 Å². The maximum atomic E-state index is 4.30. The highest BCUT2D eigenvalue weighted by Gasteiger charge is 2.22. The van der Waals surface area contributed by atoms with Gasteiger partial charge in [0.1, 0.15) is 0 Å². The Hall–Kier alpha value is -1.01. The van der Waals surface area contributed by atoms with E-state index in [1.807, 2.05) is 13.8 Å². The highest BCUT2D eigenvalue weighted by atomic mass is 35.5. The van der Waals surface area contributed by atoms with Crippen LogP contribution in [0.2, 0.25) is 0 Å². The maximum absolute atomic E-state index is 4.30. The van der Waals surface area contributed by atoms with Gasteiger partial charge in [0, 0.05) is 19.1 Å². The van der Waals surface area contributed by atoms with E-state index in [4.69, 9.17) is 0 Å². The van der Waals surface area contributed by atoms with Crippen LogP contribution in [0.4, 0.5) is 17.8 Å². The molecule has 0 aromatic carbocycles. The van der Waals surface area contributed by atoms with Crippen molar-refractivity contribution in [2.45, 2.75) is 32.7 Å². The summed E-state index contributed by atoms with van der Waals surface area (Å²) in [7, 11) is 0. The lowest BCUT2D eigenvalue weighted by atomic mass is 10.6. The van der Waals surface area contributed by atoms with E-state index in [2.05, 4.69) is 30.9 Å². The van der Waals surface area contributed by atoms with Crippen LogP contribution in [-0.2, 0) is 0 Å². The number of anilines is 3. The molecule has 0 aliphatic heterocycles. The summed E-state index contributed by atoms with van der Waals surface area (Å²) in [5, 5.41) is 9.47. The minimum Gasteiger partial charge on any atom is -0.354 e. The van der Waals surface area contributed by atoms with E-state index >= 15 is 0 Å². The number of nitrogens with one attached hydrogen (secondary N) is 3. The zero-order valence-electron chi connectivity index (χ0n) is 10.6. The second kappa shape index (κ2) is 8.16. The summed E-state index contributed by atoms with van der Waals surface area (Å²) in [5.41, 5.74) is 0. The third-order valence-corrected chi connectivity index (χ3v) is 2.22. The highest BCUT2D eigenvalue weighted by Crippen LogP contribution is 2.23. The molecule has 8 heteroatoms. The molecule has 1 aliphatic rings. The SMILES string of the molecule is CCNc1nc(NCC)nc(NC2CC2)n1.Cl.Cl. The molecule has 1 fully saturated rings. The van der Waals surface area contributed by atoms with Crippen molar-refractivity contribution in [3.05, 3.63) is 0 Å². The molecule has 0 atom stereocenters. The van der Waals surface area contributed by atoms with Crippen molar-refractivity contribution in [3.8, 4) is 0 Å². The molecule has 6 nitrogen and oxygen atoms in total. The molecule has 2 rings (SSSR count).